The number of thioether (sulfide) groups is 1. The van der Waals surface area contributed by atoms with Gasteiger partial charge in [-0.25, -0.2) is 9.07 Å². The number of fused-ring (bicyclic) bond motifs is 1. The van der Waals surface area contributed by atoms with Crippen molar-refractivity contribution in [2.24, 2.45) is 0 Å². The van der Waals surface area contributed by atoms with Gasteiger partial charge in [0.25, 0.3) is 5.91 Å². The Labute approximate surface area is 227 Å². The van der Waals surface area contributed by atoms with E-state index in [0.29, 0.717) is 37.6 Å². The Kier molecular flexibility index (Phi) is 6.30. The van der Waals surface area contributed by atoms with Gasteiger partial charge in [-0.1, -0.05) is 66.4 Å². The lowest BCUT2D eigenvalue weighted by Gasteiger charge is -2.14. The molecule has 0 saturated carbocycles. The molecule has 0 radical (unpaired) electrons. The topological polar surface area (TPSA) is 60.5 Å². The van der Waals surface area contributed by atoms with Crippen LogP contribution in [0.1, 0.15) is 11.1 Å². The molecule has 188 valence electrons. The van der Waals surface area contributed by atoms with Crippen molar-refractivity contribution >= 4 is 51.3 Å². The maximum atomic E-state index is 13.3. The van der Waals surface area contributed by atoms with E-state index in [-0.39, 0.29) is 18.3 Å². The van der Waals surface area contributed by atoms with E-state index in [1.54, 1.807) is 30.0 Å². The normalized spacial score (nSPS) is 14.7. The molecule has 1 aliphatic rings. The van der Waals surface area contributed by atoms with E-state index in [1.807, 2.05) is 60.8 Å². The number of ether oxygens (including phenoxy) is 1. The van der Waals surface area contributed by atoms with Crippen molar-refractivity contribution in [1.82, 2.24) is 14.7 Å². The molecule has 38 heavy (non-hydrogen) atoms. The molecule has 1 fully saturated rings. The highest BCUT2D eigenvalue weighted by Crippen LogP contribution is 2.38. The number of thiocarbonyl (C=S) groups is 1. The van der Waals surface area contributed by atoms with E-state index in [0.717, 1.165) is 16.6 Å². The Morgan fingerprint density at radius 1 is 1.08 bits per heavy atom. The number of nitrogens with zero attached hydrogens (tertiary/aromatic N) is 3. The predicted molar refractivity (Wildman–Crippen MR) is 150 cm³/mol. The van der Waals surface area contributed by atoms with Crippen LogP contribution >= 0.6 is 24.0 Å². The monoisotopic (exact) mass is 541 g/mol. The first-order valence-corrected chi connectivity index (χ1v) is 12.9. The third-order valence-corrected chi connectivity index (χ3v) is 7.52. The van der Waals surface area contributed by atoms with Gasteiger partial charge in [-0.15, -0.1) is 0 Å². The Hall–Kier alpha value is -4.21. The van der Waals surface area contributed by atoms with E-state index in [9.17, 15) is 9.18 Å². The van der Waals surface area contributed by atoms with Crippen LogP contribution in [0, 0.1) is 5.82 Å². The molecule has 0 atom stereocenters. The van der Waals surface area contributed by atoms with Crippen LogP contribution in [0.3, 0.4) is 0 Å². The summed E-state index contributed by atoms with van der Waals surface area (Å²) in [5.41, 5.74) is 3.56. The SMILES string of the molecule is COc1cccc2cc(-c3nn(-c4ccccc4)cc3/C=C3\SC(=S)N(Cc4ccc(F)cc4)C3=O)oc12. The van der Waals surface area contributed by atoms with Crippen LogP contribution in [0.5, 0.6) is 5.75 Å². The van der Waals surface area contributed by atoms with Crippen LogP contribution in [-0.2, 0) is 11.3 Å². The number of hydrogen-bond acceptors (Lipinski definition) is 6. The van der Waals surface area contributed by atoms with Gasteiger partial charge >= 0.3 is 0 Å². The predicted octanol–water partition coefficient (Wildman–Crippen LogP) is 6.83. The first-order valence-electron chi connectivity index (χ1n) is 11.7. The van der Waals surface area contributed by atoms with Crippen LogP contribution in [0.2, 0.25) is 0 Å². The molecule has 1 amide bonds. The number of hydrogen-bond donors (Lipinski definition) is 0. The van der Waals surface area contributed by atoms with Gasteiger partial charge < -0.3 is 9.15 Å². The van der Waals surface area contributed by atoms with Gasteiger partial charge in [0.05, 0.1) is 24.2 Å². The van der Waals surface area contributed by atoms with Crippen molar-refractivity contribution < 1.29 is 18.3 Å². The lowest BCUT2D eigenvalue weighted by atomic mass is 10.1. The number of methoxy groups -OCH3 is 1. The summed E-state index contributed by atoms with van der Waals surface area (Å²) in [5, 5.41) is 5.70. The number of amides is 1. The number of furan rings is 1. The fourth-order valence-electron chi connectivity index (χ4n) is 4.26. The second-order valence-corrected chi connectivity index (χ2v) is 10.3. The second-order valence-electron chi connectivity index (χ2n) is 8.60. The van der Waals surface area contributed by atoms with Crippen LogP contribution in [0.25, 0.3) is 34.2 Å². The minimum atomic E-state index is -0.329. The number of para-hydroxylation sites is 2. The van der Waals surface area contributed by atoms with E-state index >= 15 is 0 Å². The Bertz CT molecular complexity index is 1710. The van der Waals surface area contributed by atoms with Crippen LogP contribution in [0.15, 0.2) is 94.4 Å². The summed E-state index contributed by atoms with van der Waals surface area (Å²) in [7, 11) is 1.60. The average Bonchev–Trinajstić information content (AvgIpc) is 3.62. The van der Waals surface area contributed by atoms with Gasteiger partial charge in [-0.2, -0.15) is 5.10 Å². The highest BCUT2D eigenvalue weighted by atomic mass is 32.2. The molecule has 6 nitrogen and oxygen atoms in total. The zero-order chi connectivity index (χ0) is 26.2. The van der Waals surface area contributed by atoms with Gasteiger partial charge in [-0.05, 0) is 48.0 Å². The number of carbonyl (C=O) groups excluding carboxylic acids is 1. The largest absolute Gasteiger partial charge is 0.493 e. The summed E-state index contributed by atoms with van der Waals surface area (Å²) < 4.78 is 27.2. The van der Waals surface area contributed by atoms with E-state index in [1.165, 1.54) is 28.8 Å². The smallest absolute Gasteiger partial charge is 0.266 e. The third kappa shape index (κ3) is 4.51. The third-order valence-electron chi connectivity index (χ3n) is 6.14. The number of carbonyl (C=O) groups is 1. The van der Waals surface area contributed by atoms with Crippen LogP contribution < -0.4 is 4.74 Å². The van der Waals surface area contributed by atoms with Gasteiger partial charge in [0.1, 0.15) is 15.8 Å². The summed E-state index contributed by atoms with van der Waals surface area (Å²) in [6.07, 6.45) is 3.65. The molecule has 3 heterocycles. The molecule has 3 aromatic carbocycles. The van der Waals surface area contributed by atoms with Crippen molar-refractivity contribution in [3.05, 3.63) is 107 Å². The lowest BCUT2D eigenvalue weighted by Crippen LogP contribution is -2.27. The zero-order valence-electron chi connectivity index (χ0n) is 20.1. The molecule has 9 heteroatoms. The molecular weight excluding hydrogens is 521 g/mol. The molecule has 0 unspecified atom stereocenters. The molecule has 2 aromatic heterocycles. The van der Waals surface area contributed by atoms with Crippen molar-refractivity contribution in [2.45, 2.75) is 6.54 Å². The standard InChI is InChI=1S/C29H20FN3O3S2/c1-35-23-9-5-6-19-14-24(36-27(19)23)26-20(17-33(31-26)22-7-3-2-4-8-22)15-25-28(34)32(29(37)38-25)16-18-10-12-21(30)13-11-18/h2-15,17H,16H2,1H3/b25-15-. The zero-order valence-corrected chi connectivity index (χ0v) is 21.8. The quantitative estimate of drug-likeness (QED) is 0.173. The number of aromatic nitrogens is 2. The fraction of sp³-hybridized carbons (Fsp3) is 0.0690. The minimum absolute atomic E-state index is 0.214. The summed E-state index contributed by atoms with van der Waals surface area (Å²) >= 11 is 6.74. The molecule has 5 aromatic rings. The number of benzene rings is 3. The van der Waals surface area contributed by atoms with Gasteiger partial charge in [0.2, 0.25) is 0 Å². The summed E-state index contributed by atoms with van der Waals surface area (Å²) in [4.78, 5) is 15.3. The first kappa shape index (κ1) is 24.1. The van der Waals surface area contributed by atoms with Crippen LogP contribution in [-0.4, -0.2) is 32.0 Å². The summed E-state index contributed by atoms with van der Waals surface area (Å²) in [6.45, 7) is 0.266. The summed E-state index contributed by atoms with van der Waals surface area (Å²) in [6, 6.07) is 23.3. The van der Waals surface area contributed by atoms with Crippen LogP contribution in [0.4, 0.5) is 4.39 Å². The maximum absolute atomic E-state index is 13.3. The number of halogens is 1. The Balaban J connectivity index is 1.41. The van der Waals surface area contributed by atoms with Crippen molar-refractivity contribution in [3.8, 4) is 22.9 Å². The van der Waals surface area contributed by atoms with Crippen molar-refractivity contribution in [1.29, 1.82) is 0 Å². The summed E-state index contributed by atoms with van der Waals surface area (Å²) in [5.74, 6) is 0.630. The molecule has 0 aliphatic carbocycles. The molecule has 1 saturated heterocycles. The van der Waals surface area contributed by atoms with E-state index in [2.05, 4.69) is 0 Å². The highest BCUT2D eigenvalue weighted by molar-refractivity contribution is 8.26. The fourth-order valence-corrected chi connectivity index (χ4v) is 5.51. The number of rotatable bonds is 6. The first-order chi connectivity index (χ1) is 18.5. The molecule has 1 aliphatic heterocycles. The molecule has 0 N–H and O–H groups in total. The lowest BCUT2D eigenvalue weighted by molar-refractivity contribution is -0.122. The van der Waals surface area contributed by atoms with E-state index in [4.69, 9.17) is 26.5 Å². The minimum Gasteiger partial charge on any atom is -0.493 e. The highest BCUT2D eigenvalue weighted by Gasteiger charge is 2.32. The van der Waals surface area contributed by atoms with Gasteiger partial charge in [-0.3, -0.25) is 9.69 Å². The Morgan fingerprint density at radius 3 is 2.63 bits per heavy atom. The molecule has 0 spiro atoms. The average molecular weight is 542 g/mol. The molecule has 0 bridgehead atoms. The maximum Gasteiger partial charge on any atom is 0.266 e. The van der Waals surface area contributed by atoms with Crippen molar-refractivity contribution in [3.63, 3.8) is 0 Å². The Morgan fingerprint density at radius 2 is 1.87 bits per heavy atom. The molecule has 6 rings (SSSR count). The van der Waals surface area contributed by atoms with Gasteiger partial charge in [0.15, 0.2) is 17.1 Å². The van der Waals surface area contributed by atoms with Gasteiger partial charge in [0, 0.05) is 17.1 Å². The second kappa shape index (κ2) is 9.92. The molecular formula is C29H20FN3O3S2. The van der Waals surface area contributed by atoms with E-state index < -0.39 is 0 Å². The van der Waals surface area contributed by atoms with Crippen molar-refractivity contribution in [2.75, 3.05) is 7.11 Å².